The van der Waals surface area contributed by atoms with Gasteiger partial charge in [0.25, 0.3) is 5.69 Å². The van der Waals surface area contributed by atoms with E-state index in [2.05, 4.69) is 20.8 Å². The maximum Gasteiger partial charge on any atom is 0.271 e. The van der Waals surface area contributed by atoms with Gasteiger partial charge in [-0.2, -0.15) is 0 Å². The highest BCUT2D eigenvalue weighted by Crippen LogP contribution is 2.27. The molecule has 13 heteroatoms. The number of thioether (sulfide) groups is 1. The third-order valence-electron chi connectivity index (χ3n) is 4.62. The van der Waals surface area contributed by atoms with Crippen LogP contribution in [0.2, 0.25) is 10.0 Å². The Kier molecular flexibility index (Phi) is 9.24. The van der Waals surface area contributed by atoms with Crippen molar-refractivity contribution in [2.75, 3.05) is 11.1 Å². The van der Waals surface area contributed by atoms with Crippen LogP contribution in [0, 0.1) is 10.1 Å². The number of anilines is 1. The second kappa shape index (κ2) is 12.3. The monoisotopic (exact) mass is 534 g/mol. The summed E-state index contributed by atoms with van der Waals surface area (Å²) in [6, 6.07) is 11.0. The number of nitro groups is 1. The van der Waals surface area contributed by atoms with E-state index in [1.54, 1.807) is 28.8 Å². The molecule has 0 aliphatic rings. The molecule has 0 atom stereocenters. The molecule has 35 heavy (non-hydrogen) atoms. The summed E-state index contributed by atoms with van der Waals surface area (Å²) in [5.41, 5.74) is 0.692. The van der Waals surface area contributed by atoms with Crippen molar-refractivity contribution in [3.8, 4) is 0 Å². The molecule has 2 aromatic carbocycles. The summed E-state index contributed by atoms with van der Waals surface area (Å²) >= 11 is 13.2. The number of rotatable bonds is 10. The van der Waals surface area contributed by atoms with Gasteiger partial charge in [-0.3, -0.25) is 19.7 Å². The number of benzene rings is 2. The molecule has 0 bridgehead atoms. The van der Waals surface area contributed by atoms with Crippen LogP contribution in [-0.2, 0) is 22.7 Å². The number of hydrogen-bond acceptors (Lipinski definition) is 7. The van der Waals surface area contributed by atoms with E-state index in [9.17, 15) is 19.7 Å². The van der Waals surface area contributed by atoms with Crippen molar-refractivity contribution in [3.05, 3.63) is 80.1 Å². The quantitative estimate of drug-likeness (QED) is 0.168. The number of amides is 2. The number of non-ortho nitro benzene ring substituents is 1. The minimum absolute atomic E-state index is 0.0237. The summed E-state index contributed by atoms with van der Waals surface area (Å²) in [4.78, 5) is 34.9. The predicted molar refractivity (Wildman–Crippen MR) is 135 cm³/mol. The molecule has 0 aliphatic heterocycles. The van der Waals surface area contributed by atoms with Crippen LogP contribution in [-0.4, -0.2) is 37.3 Å². The van der Waals surface area contributed by atoms with Gasteiger partial charge in [0.1, 0.15) is 0 Å². The van der Waals surface area contributed by atoms with Crippen LogP contribution in [0.4, 0.5) is 11.4 Å². The number of nitrogens with one attached hydrogen (secondary N) is 2. The number of hydrogen-bond donors (Lipinski definition) is 2. The van der Waals surface area contributed by atoms with E-state index >= 15 is 0 Å². The Bertz CT molecular complexity index is 1280. The molecule has 2 N–H and O–H groups in total. The highest BCUT2D eigenvalue weighted by Gasteiger charge is 2.16. The Morgan fingerprint density at radius 2 is 1.94 bits per heavy atom. The molecule has 0 radical (unpaired) electrons. The van der Waals surface area contributed by atoms with Gasteiger partial charge < -0.3 is 15.2 Å². The molecule has 1 heterocycles. The second-order valence-electron chi connectivity index (χ2n) is 6.97. The van der Waals surface area contributed by atoms with Gasteiger partial charge in [-0.25, -0.2) is 0 Å². The summed E-state index contributed by atoms with van der Waals surface area (Å²) in [5, 5.41) is 25.7. The number of carbonyl (C=O) groups is 2. The zero-order chi connectivity index (χ0) is 25.4. The highest BCUT2D eigenvalue weighted by atomic mass is 35.5. The van der Waals surface area contributed by atoms with Crippen molar-refractivity contribution >= 4 is 64.2 Å². The summed E-state index contributed by atoms with van der Waals surface area (Å²) in [6.07, 6.45) is 3.00. The maximum atomic E-state index is 12.4. The van der Waals surface area contributed by atoms with E-state index in [0.717, 1.165) is 17.3 Å². The summed E-state index contributed by atoms with van der Waals surface area (Å²) in [6.45, 7) is 2.55. The molecule has 3 aromatic rings. The molecule has 1 aromatic heterocycles. The first-order valence-electron chi connectivity index (χ1n) is 10.3. The lowest BCUT2D eigenvalue weighted by Gasteiger charge is -2.09. The SMILES string of the molecule is CCn1c(CNC(=O)/C=C/c2ccccc2Cl)nnc1SCC(=O)Nc1cc([N+](=O)[O-])ccc1Cl. The molecule has 0 aliphatic carbocycles. The molecule has 0 unspecified atom stereocenters. The predicted octanol–water partition coefficient (Wildman–Crippen LogP) is 4.57. The fourth-order valence-electron chi connectivity index (χ4n) is 2.91. The Morgan fingerprint density at radius 1 is 1.17 bits per heavy atom. The van der Waals surface area contributed by atoms with Gasteiger partial charge >= 0.3 is 0 Å². The molecule has 0 spiro atoms. The van der Waals surface area contributed by atoms with Crippen molar-refractivity contribution in [3.63, 3.8) is 0 Å². The van der Waals surface area contributed by atoms with Crippen LogP contribution in [0.5, 0.6) is 0 Å². The third-order valence-corrected chi connectivity index (χ3v) is 6.26. The van der Waals surface area contributed by atoms with Crippen LogP contribution >= 0.6 is 35.0 Å². The number of halogens is 2. The van der Waals surface area contributed by atoms with E-state index in [1.807, 2.05) is 13.0 Å². The molecule has 3 rings (SSSR count). The summed E-state index contributed by atoms with van der Waals surface area (Å²) < 4.78 is 1.77. The third kappa shape index (κ3) is 7.28. The van der Waals surface area contributed by atoms with Gasteiger partial charge in [0, 0.05) is 29.8 Å². The first-order valence-corrected chi connectivity index (χ1v) is 12.0. The van der Waals surface area contributed by atoms with Gasteiger partial charge in [-0.1, -0.05) is 53.2 Å². The Hall–Kier alpha value is -3.41. The number of nitrogens with zero attached hydrogens (tertiary/aromatic N) is 4. The first kappa shape index (κ1) is 26.2. The zero-order valence-corrected chi connectivity index (χ0v) is 20.7. The summed E-state index contributed by atoms with van der Waals surface area (Å²) in [5.74, 6) is -0.235. The van der Waals surface area contributed by atoms with Gasteiger partial charge in [0.15, 0.2) is 11.0 Å². The van der Waals surface area contributed by atoms with Crippen molar-refractivity contribution in [2.24, 2.45) is 0 Å². The summed E-state index contributed by atoms with van der Waals surface area (Å²) in [7, 11) is 0. The fraction of sp³-hybridized carbons (Fsp3) is 0.182. The van der Waals surface area contributed by atoms with Crippen LogP contribution in [0.15, 0.2) is 53.7 Å². The maximum absolute atomic E-state index is 12.4. The molecule has 0 saturated heterocycles. The standard InChI is InChI=1S/C22H20Cl2N6O4S/c1-2-29-19(12-25-20(31)10-7-14-5-3-4-6-16(14)23)27-28-22(29)35-13-21(32)26-18-11-15(30(33)34)8-9-17(18)24/h3-11H,2,12-13H2,1H3,(H,25,31)(H,26,32)/b10-7+. The molecule has 182 valence electrons. The van der Waals surface area contributed by atoms with E-state index in [1.165, 1.54) is 24.3 Å². The molecule has 10 nitrogen and oxygen atoms in total. The minimum Gasteiger partial charge on any atom is -0.345 e. The van der Waals surface area contributed by atoms with Gasteiger partial charge in [0.2, 0.25) is 11.8 Å². The topological polar surface area (TPSA) is 132 Å². The van der Waals surface area contributed by atoms with Crippen LogP contribution < -0.4 is 10.6 Å². The Balaban J connectivity index is 1.56. The second-order valence-corrected chi connectivity index (χ2v) is 8.73. The van der Waals surface area contributed by atoms with Crippen LogP contribution in [0.1, 0.15) is 18.3 Å². The molecular formula is C22H20Cl2N6O4S. The average Bonchev–Trinajstić information content (AvgIpc) is 3.24. The smallest absolute Gasteiger partial charge is 0.271 e. The molecular weight excluding hydrogens is 515 g/mol. The molecule has 2 amide bonds. The van der Waals surface area contributed by atoms with Crippen LogP contribution in [0.25, 0.3) is 6.08 Å². The molecule has 0 fully saturated rings. The van der Waals surface area contributed by atoms with Gasteiger partial charge in [-0.05, 0) is 30.7 Å². The van der Waals surface area contributed by atoms with E-state index in [0.29, 0.717) is 22.5 Å². The van der Waals surface area contributed by atoms with Crippen LogP contribution in [0.3, 0.4) is 0 Å². The Morgan fingerprint density at radius 3 is 2.66 bits per heavy atom. The van der Waals surface area contributed by atoms with Crippen molar-refractivity contribution in [1.82, 2.24) is 20.1 Å². The number of carbonyl (C=O) groups excluding carboxylic acids is 2. The van der Waals surface area contributed by atoms with Crippen molar-refractivity contribution in [1.29, 1.82) is 0 Å². The lowest BCUT2D eigenvalue weighted by molar-refractivity contribution is -0.384. The van der Waals surface area contributed by atoms with E-state index in [-0.39, 0.29) is 34.6 Å². The van der Waals surface area contributed by atoms with E-state index < -0.39 is 10.8 Å². The van der Waals surface area contributed by atoms with Crippen molar-refractivity contribution < 1.29 is 14.5 Å². The van der Waals surface area contributed by atoms with Crippen molar-refractivity contribution in [2.45, 2.75) is 25.2 Å². The van der Waals surface area contributed by atoms with Gasteiger partial charge in [-0.15, -0.1) is 10.2 Å². The zero-order valence-electron chi connectivity index (χ0n) is 18.4. The first-order chi connectivity index (χ1) is 16.8. The molecule has 0 saturated carbocycles. The van der Waals surface area contributed by atoms with Gasteiger partial charge in [0.05, 0.1) is 27.9 Å². The normalized spacial score (nSPS) is 10.9. The largest absolute Gasteiger partial charge is 0.345 e. The van der Waals surface area contributed by atoms with E-state index in [4.69, 9.17) is 23.2 Å². The lowest BCUT2D eigenvalue weighted by Crippen LogP contribution is -2.22. The number of nitro benzene ring substituents is 1. The highest BCUT2D eigenvalue weighted by molar-refractivity contribution is 7.99. The fourth-order valence-corrected chi connectivity index (χ4v) is 4.10. The minimum atomic E-state index is -0.572. The number of aromatic nitrogens is 3. The lowest BCUT2D eigenvalue weighted by atomic mass is 10.2. The average molecular weight is 535 g/mol. The Labute approximate surface area is 214 Å².